The van der Waals surface area contributed by atoms with Gasteiger partial charge in [0, 0.05) is 6.54 Å². The lowest BCUT2D eigenvalue weighted by atomic mass is 9.79. The molecule has 0 amide bonds. The van der Waals surface area contributed by atoms with Gasteiger partial charge in [-0.05, 0) is 49.3 Å². The maximum Gasteiger partial charge on any atom is 0.144 e. The predicted molar refractivity (Wildman–Crippen MR) is 69.9 cm³/mol. The van der Waals surface area contributed by atoms with Crippen LogP contribution in [-0.4, -0.2) is 13.6 Å². The fourth-order valence-corrected chi connectivity index (χ4v) is 2.85. The van der Waals surface area contributed by atoms with E-state index in [-0.39, 0.29) is 16.3 Å². The molecule has 2 rings (SSSR count). The highest BCUT2D eigenvalue weighted by Crippen LogP contribution is 2.47. The molecule has 17 heavy (non-hydrogen) atoms. The second-order valence-corrected chi connectivity index (χ2v) is 5.76. The first-order chi connectivity index (χ1) is 8.07. The monoisotopic (exact) mass is 255 g/mol. The van der Waals surface area contributed by atoms with Crippen LogP contribution in [-0.2, 0) is 6.42 Å². The van der Waals surface area contributed by atoms with E-state index >= 15 is 0 Å². The molecule has 1 saturated carbocycles. The zero-order chi connectivity index (χ0) is 12.5. The Labute approximate surface area is 107 Å². The lowest BCUT2D eigenvalue weighted by Crippen LogP contribution is -2.34. The highest BCUT2D eigenvalue weighted by molar-refractivity contribution is 6.30. The molecule has 1 fully saturated rings. The van der Waals surface area contributed by atoms with Gasteiger partial charge in [-0.1, -0.05) is 30.7 Å². The Morgan fingerprint density at radius 3 is 2.76 bits per heavy atom. The van der Waals surface area contributed by atoms with E-state index in [1.54, 1.807) is 6.07 Å². The van der Waals surface area contributed by atoms with E-state index in [9.17, 15) is 4.39 Å². The Hall–Kier alpha value is -0.600. The molecule has 1 aromatic carbocycles. The molecule has 0 aromatic heterocycles. The van der Waals surface area contributed by atoms with Crippen molar-refractivity contribution in [1.29, 1.82) is 0 Å². The Kier molecular flexibility index (Phi) is 3.74. The van der Waals surface area contributed by atoms with Gasteiger partial charge in [0.05, 0.1) is 5.02 Å². The maximum atomic E-state index is 13.9. The zero-order valence-corrected chi connectivity index (χ0v) is 11.1. The summed E-state index contributed by atoms with van der Waals surface area (Å²) in [6.45, 7) is 3.16. The minimum absolute atomic E-state index is 0.139. The van der Waals surface area contributed by atoms with Crippen LogP contribution in [0.2, 0.25) is 5.02 Å². The van der Waals surface area contributed by atoms with Gasteiger partial charge in [0.25, 0.3) is 0 Å². The van der Waals surface area contributed by atoms with Crippen LogP contribution in [0.3, 0.4) is 0 Å². The predicted octanol–water partition coefficient (Wildman–Crippen LogP) is 3.66. The molecule has 0 saturated heterocycles. The number of hydrogen-bond acceptors (Lipinski definition) is 1. The van der Waals surface area contributed by atoms with Crippen LogP contribution >= 0.6 is 11.6 Å². The second-order valence-electron chi connectivity index (χ2n) is 5.35. The molecule has 0 heterocycles. The number of hydrogen-bond donors (Lipinski definition) is 1. The summed E-state index contributed by atoms with van der Waals surface area (Å²) in [5, 5.41) is 3.46. The summed E-state index contributed by atoms with van der Waals surface area (Å²) in [6, 6.07) is 5.28. The van der Waals surface area contributed by atoms with E-state index in [0.29, 0.717) is 5.92 Å². The molecule has 1 N–H and O–H groups in total. The van der Waals surface area contributed by atoms with Crippen LogP contribution in [0.1, 0.15) is 25.3 Å². The molecule has 0 bridgehead atoms. The number of rotatable bonds is 5. The third-order valence-electron chi connectivity index (χ3n) is 3.77. The quantitative estimate of drug-likeness (QED) is 0.847. The van der Waals surface area contributed by atoms with Crippen molar-refractivity contribution < 1.29 is 4.39 Å². The number of benzene rings is 1. The average molecular weight is 256 g/mol. The maximum absolute atomic E-state index is 13.9. The highest BCUT2D eigenvalue weighted by Gasteiger charge is 2.41. The molecule has 1 atom stereocenters. The van der Waals surface area contributed by atoms with Gasteiger partial charge in [-0.25, -0.2) is 4.39 Å². The van der Waals surface area contributed by atoms with Crippen molar-refractivity contribution in [3.05, 3.63) is 34.6 Å². The zero-order valence-electron chi connectivity index (χ0n) is 10.4. The molecular weight excluding hydrogens is 237 g/mol. The van der Waals surface area contributed by atoms with Crippen molar-refractivity contribution in [3.63, 3.8) is 0 Å². The Morgan fingerprint density at radius 2 is 2.18 bits per heavy atom. The first-order valence-electron chi connectivity index (χ1n) is 6.14. The van der Waals surface area contributed by atoms with Gasteiger partial charge in [0.1, 0.15) is 5.82 Å². The minimum atomic E-state index is -0.253. The second kappa shape index (κ2) is 4.95. The van der Waals surface area contributed by atoms with Gasteiger partial charge < -0.3 is 5.32 Å². The molecule has 1 nitrogen and oxygen atoms in total. The van der Waals surface area contributed by atoms with Gasteiger partial charge in [-0.3, -0.25) is 0 Å². The average Bonchev–Trinajstić information content (AvgIpc) is 3.09. The van der Waals surface area contributed by atoms with Crippen LogP contribution in [0, 0.1) is 17.2 Å². The first kappa shape index (κ1) is 12.8. The summed E-state index contributed by atoms with van der Waals surface area (Å²) >= 11 is 5.82. The van der Waals surface area contributed by atoms with Crippen molar-refractivity contribution in [2.24, 2.45) is 11.3 Å². The summed E-state index contributed by atoms with van der Waals surface area (Å²) in [7, 11) is 1.95. The molecule has 0 aliphatic heterocycles. The highest BCUT2D eigenvalue weighted by atomic mass is 35.5. The SMILES string of the molecule is CNCC(C)(Cc1cccc(Cl)c1F)C1CC1. The minimum Gasteiger partial charge on any atom is -0.319 e. The van der Waals surface area contributed by atoms with E-state index in [2.05, 4.69) is 12.2 Å². The van der Waals surface area contributed by atoms with Crippen LogP contribution < -0.4 is 5.32 Å². The van der Waals surface area contributed by atoms with Crippen molar-refractivity contribution in [2.75, 3.05) is 13.6 Å². The Balaban J connectivity index is 2.20. The molecule has 1 aliphatic carbocycles. The van der Waals surface area contributed by atoms with Crippen molar-refractivity contribution >= 4 is 11.6 Å². The molecule has 1 unspecified atom stereocenters. The van der Waals surface area contributed by atoms with E-state index < -0.39 is 0 Å². The number of halogens is 2. The standard InChI is InChI=1S/C14H19ClFN/c1-14(9-17-2,11-6-7-11)8-10-4-3-5-12(15)13(10)16/h3-5,11,17H,6-9H2,1-2H3. The lowest BCUT2D eigenvalue weighted by molar-refractivity contribution is 0.260. The van der Waals surface area contributed by atoms with E-state index in [4.69, 9.17) is 11.6 Å². The van der Waals surface area contributed by atoms with Crippen LogP contribution in [0.4, 0.5) is 4.39 Å². The van der Waals surface area contributed by atoms with Gasteiger partial charge in [0.2, 0.25) is 0 Å². The van der Waals surface area contributed by atoms with E-state index in [0.717, 1.165) is 18.5 Å². The van der Waals surface area contributed by atoms with Crippen LogP contribution in [0.25, 0.3) is 0 Å². The van der Waals surface area contributed by atoms with Gasteiger partial charge in [-0.15, -0.1) is 0 Å². The molecule has 0 radical (unpaired) electrons. The molecule has 1 aromatic rings. The molecule has 94 valence electrons. The molecule has 1 aliphatic rings. The molecular formula is C14H19ClFN. The van der Waals surface area contributed by atoms with Gasteiger partial charge in [0.15, 0.2) is 0 Å². The smallest absolute Gasteiger partial charge is 0.144 e. The fourth-order valence-electron chi connectivity index (χ4n) is 2.66. The summed E-state index contributed by atoms with van der Waals surface area (Å²) in [6.07, 6.45) is 3.28. The summed E-state index contributed by atoms with van der Waals surface area (Å²) in [5.74, 6) is 0.463. The normalized spacial score (nSPS) is 19.1. The van der Waals surface area contributed by atoms with Crippen LogP contribution in [0.15, 0.2) is 18.2 Å². The first-order valence-corrected chi connectivity index (χ1v) is 6.52. The van der Waals surface area contributed by atoms with E-state index in [1.165, 1.54) is 12.8 Å². The van der Waals surface area contributed by atoms with Crippen molar-refractivity contribution in [2.45, 2.75) is 26.2 Å². The third-order valence-corrected chi connectivity index (χ3v) is 4.06. The largest absolute Gasteiger partial charge is 0.319 e. The van der Waals surface area contributed by atoms with Gasteiger partial charge in [-0.2, -0.15) is 0 Å². The fraction of sp³-hybridized carbons (Fsp3) is 0.571. The summed E-state index contributed by atoms with van der Waals surface area (Å²) in [4.78, 5) is 0. The summed E-state index contributed by atoms with van der Waals surface area (Å²) in [5.41, 5.74) is 0.877. The molecule has 3 heteroatoms. The van der Waals surface area contributed by atoms with Crippen LogP contribution in [0.5, 0.6) is 0 Å². The third kappa shape index (κ3) is 2.80. The molecule has 0 spiro atoms. The van der Waals surface area contributed by atoms with Crippen molar-refractivity contribution in [1.82, 2.24) is 5.32 Å². The van der Waals surface area contributed by atoms with E-state index in [1.807, 2.05) is 19.2 Å². The summed E-state index contributed by atoms with van der Waals surface area (Å²) < 4.78 is 13.9. The Morgan fingerprint density at radius 1 is 1.47 bits per heavy atom. The number of nitrogens with one attached hydrogen (secondary N) is 1. The topological polar surface area (TPSA) is 12.0 Å². The van der Waals surface area contributed by atoms with Crippen molar-refractivity contribution in [3.8, 4) is 0 Å². The lowest BCUT2D eigenvalue weighted by Gasteiger charge is -2.30. The van der Waals surface area contributed by atoms with Gasteiger partial charge >= 0.3 is 0 Å². The Bertz CT molecular complexity index is 403.